The van der Waals surface area contributed by atoms with E-state index in [9.17, 15) is 0 Å². The maximum absolute atomic E-state index is 5.74. The van der Waals surface area contributed by atoms with Gasteiger partial charge < -0.3 is 11.1 Å². The summed E-state index contributed by atoms with van der Waals surface area (Å²) in [6.07, 6.45) is 8.85. The maximum atomic E-state index is 5.74. The first-order chi connectivity index (χ1) is 8.36. The minimum Gasteiger partial charge on any atom is -0.329 e. The van der Waals surface area contributed by atoms with Gasteiger partial charge in [-0.05, 0) is 67.6 Å². The lowest BCUT2D eigenvalue weighted by Crippen LogP contribution is -2.58. The van der Waals surface area contributed by atoms with Gasteiger partial charge in [-0.1, -0.05) is 13.8 Å². The van der Waals surface area contributed by atoms with Gasteiger partial charge in [-0.3, -0.25) is 0 Å². The Morgan fingerprint density at radius 3 is 2.22 bits per heavy atom. The van der Waals surface area contributed by atoms with Crippen LogP contribution in [0.2, 0.25) is 0 Å². The zero-order valence-corrected chi connectivity index (χ0v) is 12.4. The van der Waals surface area contributed by atoms with E-state index in [0.29, 0.717) is 22.3 Å². The molecule has 3 N–H and O–H groups in total. The fraction of sp³-hybridized carbons (Fsp3) is 1.00. The molecule has 0 radical (unpaired) electrons. The predicted octanol–water partition coefficient (Wildman–Crippen LogP) is 2.92. The largest absolute Gasteiger partial charge is 0.329 e. The fourth-order valence-electron chi connectivity index (χ4n) is 6.36. The number of hydrogen-bond donors (Lipinski definition) is 2. The van der Waals surface area contributed by atoms with Crippen molar-refractivity contribution in [3.8, 4) is 0 Å². The first kappa shape index (κ1) is 12.9. The zero-order valence-electron chi connectivity index (χ0n) is 12.4. The van der Waals surface area contributed by atoms with Crippen molar-refractivity contribution >= 4 is 0 Å². The molecule has 4 bridgehead atoms. The first-order valence-corrected chi connectivity index (χ1v) is 7.80. The van der Waals surface area contributed by atoms with Gasteiger partial charge in [-0.15, -0.1) is 0 Å². The van der Waals surface area contributed by atoms with Crippen LogP contribution in [-0.2, 0) is 0 Å². The molecule has 4 fully saturated rings. The number of nitrogens with two attached hydrogens (primary N) is 1. The summed E-state index contributed by atoms with van der Waals surface area (Å²) in [6, 6.07) is 0.471. The molecule has 3 atom stereocenters. The van der Waals surface area contributed by atoms with E-state index in [-0.39, 0.29) is 0 Å². The summed E-state index contributed by atoms with van der Waals surface area (Å²) in [6.45, 7) is 9.28. The van der Waals surface area contributed by atoms with E-state index in [1.807, 2.05) is 0 Å². The molecule has 2 nitrogen and oxygen atoms in total. The highest BCUT2D eigenvalue weighted by Crippen LogP contribution is 2.69. The van der Waals surface area contributed by atoms with Crippen molar-refractivity contribution in [3.63, 3.8) is 0 Å². The smallest absolute Gasteiger partial charge is 0.0162 e. The molecule has 0 heterocycles. The lowest BCUT2D eigenvalue weighted by atomic mass is 9.40. The average molecular weight is 250 g/mol. The van der Waals surface area contributed by atoms with Crippen molar-refractivity contribution in [2.24, 2.45) is 27.9 Å². The van der Waals surface area contributed by atoms with E-state index >= 15 is 0 Å². The van der Waals surface area contributed by atoms with Crippen molar-refractivity contribution in [2.45, 2.75) is 65.3 Å². The molecule has 0 saturated heterocycles. The Balaban J connectivity index is 1.76. The van der Waals surface area contributed by atoms with E-state index < -0.39 is 0 Å². The highest BCUT2D eigenvalue weighted by Gasteiger charge is 2.59. The predicted molar refractivity (Wildman–Crippen MR) is 76.4 cm³/mol. The highest BCUT2D eigenvalue weighted by molar-refractivity contribution is 5.10. The Morgan fingerprint density at radius 1 is 1.11 bits per heavy atom. The van der Waals surface area contributed by atoms with Gasteiger partial charge in [0.25, 0.3) is 0 Å². The molecule has 0 spiro atoms. The third kappa shape index (κ3) is 2.12. The van der Waals surface area contributed by atoms with Crippen LogP contribution in [0.1, 0.15) is 59.3 Å². The zero-order chi connectivity index (χ0) is 13.0. The minimum atomic E-state index is 0.471. The van der Waals surface area contributed by atoms with Crippen LogP contribution in [0, 0.1) is 22.2 Å². The lowest BCUT2D eigenvalue weighted by Gasteiger charge is -2.65. The van der Waals surface area contributed by atoms with E-state index in [0.717, 1.165) is 12.5 Å². The molecule has 4 aliphatic rings. The van der Waals surface area contributed by atoms with Crippen LogP contribution in [0.15, 0.2) is 0 Å². The third-order valence-corrected chi connectivity index (χ3v) is 5.92. The van der Waals surface area contributed by atoms with Crippen LogP contribution in [0.5, 0.6) is 0 Å². The van der Waals surface area contributed by atoms with Crippen LogP contribution < -0.4 is 11.1 Å². The van der Waals surface area contributed by atoms with E-state index in [2.05, 4.69) is 26.1 Å². The fourth-order valence-corrected chi connectivity index (χ4v) is 6.36. The van der Waals surface area contributed by atoms with Crippen LogP contribution in [0.4, 0.5) is 0 Å². The standard InChI is InChI=1S/C16H30N2/c1-12(7-17)18-11-16-6-13-4-14(2,9-16)8-15(3,5-13)10-16/h12-13,18H,4-11,17H2,1-3H3/t12-,13?,14?,15?,16?/m0/s1. The molecule has 0 aliphatic heterocycles. The molecule has 0 aromatic carbocycles. The quantitative estimate of drug-likeness (QED) is 0.805. The van der Waals surface area contributed by atoms with Crippen LogP contribution in [0.3, 0.4) is 0 Å². The summed E-state index contributed by atoms with van der Waals surface area (Å²) in [7, 11) is 0. The molecule has 2 heteroatoms. The van der Waals surface area contributed by atoms with Crippen LogP contribution in [-0.4, -0.2) is 19.1 Å². The molecule has 4 rings (SSSR count). The molecule has 2 unspecified atom stereocenters. The number of hydrogen-bond acceptors (Lipinski definition) is 2. The second kappa shape index (κ2) is 3.96. The minimum absolute atomic E-state index is 0.471. The summed E-state index contributed by atoms with van der Waals surface area (Å²) in [5.41, 5.74) is 7.61. The van der Waals surface area contributed by atoms with Gasteiger partial charge in [-0.2, -0.15) is 0 Å². The summed E-state index contributed by atoms with van der Waals surface area (Å²) in [5.74, 6) is 1.01. The summed E-state index contributed by atoms with van der Waals surface area (Å²) in [4.78, 5) is 0. The molecule has 18 heavy (non-hydrogen) atoms. The van der Waals surface area contributed by atoms with Gasteiger partial charge in [-0.25, -0.2) is 0 Å². The van der Waals surface area contributed by atoms with Crippen molar-refractivity contribution in [2.75, 3.05) is 13.1 Å². The Hall–Kier alpha value is -0.0800. The highest BCUT2D eigenvalue weighted by atomic mass is 14.9. The lowest BCUT2D eigenvalue weighted by molar-refractivity contribution is -0.143. The van der Waals surface area contributed by atoms with Gasteiger partial charge in [0, 0.05) is 19.1 Å². The normalized spacial score (nSPS) is 51.7. The van der Waals surface area contributed by atoms with E-state index in [1.54, 1.807) is 0 Å². The summed E-state index contributed by atoms with van der Waals surface area (Å²) < 4.78 is 0. The third-order valence-electron chi connectivity index (χ3n) is 5.92. The van der Waals surface area contributed by atoms with Crippen molar-refractivity contribution < 1.29 is 0 Å². The second-order valence-corrected chi connectivity index (χ2v) is 8.65. The summed E-state index contributed by atoms with van der Waals surface area (Å²) in [5, 5.41) is 3.70. The molecule has 4 aliphatic carbocycles. The van der Waals surface area contributed by atoms with Gasteiger partial charge in [0.05, 0.1) is 0 Å². The molecule has 4 saturated carbocycles. The van der Waals surface area contributed by atoms with Gasteiger partial charge in [0.2, 0.25) is 0 Å². The molecule has 0 aromatic rings. The van der Waals surface area contributed by atoms with Crippen LogP contribution in [0.25, 0.3) is 0 Å². The van der Waals surface area contributed by atoms with Crippen molar-refractivity contribution in [3.05, 3.63) is 0 Å². The molecule has 0 aromatic heterocycles. The van der Waals surface area contributed by atoms with Gasteiger partial charge in [0.1, 0.15) is 0 Å². The monoisotopic (exact) mass is 250 g/mol. The molecule has 0 amide bonds. The van der Waals surface area contributed by atoms with E-state index in [4.69, 9.17) is 5.73 Å². The second-order valence-electron chi connectivity index (χ2n) is 8.65. The Labute approximate surface area is 112 Å². The maximum Gasteiger partial charge on any atom is 0.0162 e. The van der Waals surface area contributed by atoms with Gasteiger partial charge >= 0.3 is 0 Å². The van der Waals surface area contributed by atoms with Crippen molar-refractivity contribution in [1.82, 2.24) is 5.32 Å². The van der Waals surface area contributed by atoms with Gasteiger partial charge in [0.15, 0.2) is 0 Å². The molecular formula is C16H30N2. The van der Waals surface area contributed by atoms with E-state index in [1.165, 1.54) is 45.1 Å². The topological polar surface area (TPSA) is 38.0 Å². The Bertz CT molecular complexity index is 320. The summed E-state index contributed by atoms with van der Waals surface area (Å²) >= 11 is 0. The Morgan fingerprint density at radius 2 is 1.72 bits per heavy atom. The van der Waals surface area contributed by atoms with Crippen LogP contribution >= 0.6 is 0 Å². The average Bonchev–Trinajstić information content (AvgIpc) is 2.21. The number of nitrogens with one attached hydrogen (secondary N) is 1. The Kier molecular flexibility index (Phi) is 2.84. The SMILES string of the molecule is C[C@@H](CN)NCC12CC3CC(C)(CC(C)(C3)C1)C2. The number of rotatable bonds is 4. The first-order valence-electron chi connectivity index (χ1n) is 7.80. The molecular weight excluding hydrogens is 220 g/mol. The van der Waals surface area contributed by atoms with Crippen molar-refractivity contribution in [1.29, 1.82) is 0 Å². The molecule has 104 valence electrons.